The molecule has 2 N–H and O–H groups in total. The molecule has 1 aromatic heterocycles. The van der Waals surface area contributed by atoms with Crippen LogP contribution in [0.2, 0.25) is 0 Å². The van der Waals surface area contributed by atoms with Gasteiger partial charge < -0.3 is 5.32 Å². The van der Waals surface area contributed by atoms with Gasteiger partial charge in [0.2, 0.25) is 5.82 Å². The molecule has 0 saturated heterocycles. The molecule has 0 aliphatic carbocycles. The Bertz CT molecular complexity index is 603. The number of carbonyl (C=O) groups excluding carboxylic acids is 1. The second-order valence-electron chi connectivity index (χ2n) is 3.66. The molecule has 0 atom stereocenters. The van der Waals surface area contributed by atoms with E-state index in [1.165, 1.54) is 0 Å². The number of H-pyrrole nitrogens is 1. The lowest BCUT2D eigenvalue weighted by atomic mass is 10.2. The van der Waals surface area contributed by atoms with E-state index in [0.29, 0.717) is 24.4 Å². The summed E-state index contributed by atoms with van der Waals surface area (Å²) >= 11 is 0. The number of nitrogens with one attached hydrogen (secondary N) is 2. The van der Waals surface area contributed by atoms with Gasteiger partial charge >= 0.3 is 0 Å². The maximum absolute atomic E-state index is 13.3. The molecule has 0 fully saturated rings. The van der Waals surface area contributed by atoms with Gasteiger partial charge in [-0.05, 0) is 0 Å². The highest BCUT2D eigenvalue weighted by molar-refractivity contribution is 6.01. The van der Waals surface area contributed by atoms with Crippen molar-refractivity contribution in [1.29, 1.82) is 0 Å². The van der Waals surface area contributed by atoms with Gasteiger partial charge in [0.05, 0.1) is 0 Å². The zero-order valence-corrected chi connectivity index (χ0v) is 9.80. The van der Waals surface area contributed by atoms with Crippen molar-refractivity contribution in [3.05, 3.63) is 41.2 Å². The molecule has 2 aromatic rings. The Kier molecular flexibility index (Phi) is 3.50. The van der Waals surface area contributed by atoms with Crippen molar-refractivity contribution in [2.45, 2.75) is 13.3 Å². The fraction of sp³-hybridized carbons (Fsp3) is 0.182. The van der Waals surface area contributed by atoms with Crippen LogP contribution in [0.1, 0.15) is 23.4 Å². The molecule has 0 spiro atoms. The molecule has 5 nitrogen and oxygen atoms in total. The van der Waals surface area contributed by atoms with Crippen LogP contribution < -0.4 is 5.32 Å². The summed E-state index contributed by atoms with van der Waals surface area (Å²) in [4.78, 5) is 15.5. The molecule has 8 heteroatoms. The quantitative estimate of drug-likeness (QED) is 0.896. The molecule has 0 saturated carbocycles. The van der Waals surface area contributed by atoms with Gasteiger partial charge in [0.1, 0.15) is 17.3 Å². The number of aromatic nitrogens is 3. The molecule has 1 amide bonds. The molecular weight excluding hydrogens is 261 g/mol. The number of hydrogen-bond acceptors (Lipinski definition) is 3. The van der Waals surface area contributed by atoms with Gasteiger partial charge in [-0.25, -0.2) is 18.2 Å². The lowest BCUT2D eigenvalue weighted by molar-refractivity contribution is 0.101. The average Bonchev–Trinajstić information content (AvgIpc) is 2.82. The predicted molar refractivity (Wildman–Crippen MR) is 60.0 cm³/mol. The van der Waals surface area contributed by atoms with Crippen molar-refractivity contribution in [2.24, 2.45) is 0 Å². The first-order valence-electron chi connectivity index (χ1n) is 5.38. The maximum Gasteiger partial charge on any atom is 0.295 e. The Hall–Kier alpha value is -2.38. The highest BCUT2D eigenvalue weighted by Gasteiger charge is 2.18. The number of amides is 1. The van der Waals surface area contributed by atoms with Crippen molar-refractivity contribution in [3.63, 3.8) is 0 Å². The minimum absolute atomic E-state index is 0.250. The molecule has 100 valence electrons. The first kappa shape index (κ1) is 13.1. The number of nitrogens with zero attached hydrogens (tertiary/aromatic N) is 2. The second kappa shape index (κ2) is 5.09. The van der Waals surface area contributed by atoms with E-state index in [2.05, 4.69) is 15.2 Å². The van der Waals surface area contributed by atoms with Gasteiger partial charge in [0.15, 0.2) is 11.6 Å². The van der Waals surface area contributed by atoms with Crippen LogP contribution in [0, 0.1) is 17.5 Å². The molecule has 1 aromatic carbocycles. The van der Waals surface area contributed by atoms with E-state index in [9.17, 15) is 18.0 Å². The number of aryl methyl sites for hydroxylation is 1. The molecule has 0 aliphatic rings. The second-order valence-corrected chi connectivity index (χ2v) is 3.66. The highest BCUT2D eigenvalue weighted by atomic mass is 19.1. The number of halogens is 3. The Morgan fingerprint density at radius 1 is 1.32 bits per heavy atom. The average molecular weight is 270 g/mol. The molecule has 1 heterocycles. The van der Waals surface area contributed by atoms with Gasteiger partial charge in [0.25, 0.3) is 5.91 Å². The summed E-state index contributed by atoms with van der Waals surface area (Å²) in [6.07, 6.45) is 0.527. The topological polar surface area (TPSA) is 70.7 Å². The van der Waals surface area contributed by atoms with Gasteiger partial charge in [0, 0.05) is 18.6 Å². The molecule has 2 rings (SSSR count). The van der Waals surface area contributed by atoms with E-state index in [1.807, 2.05) is 5.32 Å². The number of hydrogen-bond donors (Lipinski definition) is 2. The number of aromatic amines is 1. The summed E-state index contributed by atoms with van der Waals surface area (Å²) in [5.41, 5.74) is -0.741. The Morgan fingerprint density at radius 2 is 1.95 bits per heavy atom. The summed E-state index contributed by atoms with van der Waals surface area (Å²) in [6.45, 7) is 1.79. The predicted octanol–water partition coefficient (Wildman–Crippen LogP) is 2.04. The Balaban J connectivity index is 2.24. The van der Waals surface area contributed by atoms with Crippen LogP contribution in [0.4, 0.5) is 18.9 Å². The standard InChI is InChI=1S/C11H9F3N4O/c1-2-8-15-10(18-17-8)11(19)16-9-6(13)3-5(12)4-7(9)14/h3-4H,2H2,1H3,(H,16,19)(H,15,17,18). The van der Waals surface area contributed by atoms with Crippen LogP contribution in [0.5, 0.6) is 0 Å². The van der Waals surface area contributed by atoms with Crippen LogP contribution >= 0.6 is 0 Å². The van der Waals surface area contributed by atoms with Crippen molar-refractivity contribution in [1.82, 2.24) is 15.2 Å². The number of carbonyl (C=O) groups is 1. The van der Waals surface area contributed by atoms with Crippen molar-refractivity contribution in [2.75, 3.05) is 5.32 Å². The van der Waals surface area contributed by atoms with Crippen molar-refractivity contribution < 1.29 is 18.0 Å². The van der Waals surface area contributed by atoms with E-state index in [-0.39, 0.29) is 5.82 Å². The van der Waals surface area contributed by atoms with E-state index >= 15 is 0 Å². The molecule has 19 heavy (non-hydrogen) atoms. The molecule has 0 bridgehead atoms. The van der Waals surface area contributed by atoms with Crippen LogP contribution in [-0.2, 0) is 6.42 Å². The van der Waals surface area contributed by atoms with Gasteiger partial charge in [-0.15, -0.1) is 5.10 Å². The summed E-state index contributed by atoms with van der Waals surface area (Å²) < 4.78 is 39.3. The number of benzene rings is 1. The maximum atomic E-state index is 13.3. The van der Waals surface area contributed by atoms with Crippen LogP contribution in [-0.4, -0.2) is 21.1 Å². The minimum Gasteiger partial charge on any atom is -0.314 e. The Labute approximate surface area is 105 Å². The van der Waals surface area contributed by atoms with Crippen LogP contribution in [0.3, 0.4) is 0 Å². The third-order valence-electron chi connectivity index (χ3n) is 2.32. The van der Waals surface area contributed by atoms with E-state index in [1.54, 1.807) is 6.92 Å². The normalized spacial score (nSPS) is 10.5. The number of anilines is 1. The SMILES string of the molecule is CCc1nc(C(=O)Nc2c(F)cc(F)cc2F)n[nH]1. The molecule has 0 radical (unpaired) electrons. The monoisotopic (exact) mass is 270 g/mol. The lowest BCUT2D eigenvalue weighted by Crippen LogP contribution is -2.16. The van der Waals surface area contributed by atoms with E-state index in [0.717, 1.165) is 0 Å². The summed E-state index contributed by atoms with van der Waals surface area (Å²) in [7, 11) is 0. The zero-order valence-electron chi connectivity index (χ0n) is 9.80. The van der Waals surface area contributed by atoms with Gasteiger partial charge in [-0.3, -0.25) is 9.89 Å². The summed E-state index contributed by atoms with van der Waals surface area (Å²) in [5, 5.41) is 8.04. The molecular formula is C11H9F3N4O. The highest BCUT2D eigenvalue weighted by Crippen LogP contribution is 2.20. The van der Waals surface area contributed by atoms with Crippen LogP contribution in [0.25, 0.3) is 0 Å². The largest absolute Gasteiger partial charge is 0.314 e. The third-order valence-corrected chi connectivity index (χ3v) is 2.32. The number of rotatable bonds is 3. The van der Waals surface area contributed by atoms with Crippen LogP contribution in [0.15, 0.2) is 12.1 Å². The van der Waals surface area contributed by atoms with E-state index in [4.69, 9.17) is 0 Å². The van der Waals surface area contributed by atoms with Crippen molar-refractivity contribution in [3.8, 4) is 0 Å². The van der Waals surface area contributed by atoms with Gasteiger partial charge in [-0.2, -0.15) is 0 Å². The first-order valence-corrected chi connectivity index (χ1v) is 5.38. The molecule has 0 unspecified atom stereocenters. The Morgan fingerprint density at radius 3 is 2.47 bits per heavy atom. The summed E-state index contributed by atoms with van der Waals surface area (Å²) in [5.74, 6) is -4.17. The third kappa shape index (κ3) is 2.72. The van der Waals surface area contributed by atoms with Crippen molar-refractivity contribution >= 4 is 11.6 Å². The fourth-order valence-electron chi connectivity index (χ4n) is 1.39. The minimum atomic E-state index is -1.21. The van der Waals surface area contributed by atoms with E-state index < -0.39 is 29.0 Å². The molecule has 0 aliphatic heterocycles. The van der Waals surface area contributed by atoms with Gasteiger partial charge in [-0.1, -0.05) is 6.92 Å². The zero-order chi connectivity index (χ0) is 14.0. The fourth-order valence-corrected chi connectivity index (χ4v) is 1.39. The first-order chi connectivity index (χ1) is 9.01. The smallest absolute Gasteiger partial charge is 0.295 e. The summed E-state index contributed by atoms with van der Waals surface area (Å²) in [6, 6.07) is 0.933. The lowest BCUT2D eigenvalue weighted by Gasteiger charge is -2.05.